The van der Waals surface area contributed by atoms with Gasteiger partial charge in [0.25, 0.3) is 5.91 Å². The summed E-state index contributed by atoms with van der Waals surface area (Å²) in [4.78, 5) is 16.7. The van der Waals surface area contributed by atoms with Crippen molar-refractivity contribution in [2.75, 3.05) is 11.9 Å². The van der Waals surface area contributed by atoms with Crippen molar-refractivity contribution in [1.29, 1.82) is 5.26 Å². The van der Waals surface area contributed by atoms with Crippen LogP contribution in [0.3, 0.4) is 0 Å². The molecule has 0 radical (unpaired) electrons. The number of hydrogen-bond acceptors (Lipinski definition) is 5. The van der Waals surface area contributed by atoms with E-state index in [4.69, 9.17) is 21.6 Å². The average Bonchev–Trinajstić information content (AvgIpc) is 3.11. The lowest BCUT2D eigenvalue weighted by atomic mass is 10.2. The van der Waals surface area contributed by atoms with E-state index in [1.165, 1.54) is 11.3 Å². The first kappa shape index (κ1) is 17.0. The Hall–Kier alpha value is -2.88. The van der Waals surface area contributed by atoms with E-state index in [9.17, 15) is 4.79 Å². The summed E-state index contributed by atoms with van der Waals surface area (Å²) in [6.45, 7) is -0.0491. The van der Waals surface area contributed by atoms with Crippen molar-refractivity contribution < 1.29 is 9.53 Å². The molecule has 0 aliphatic rings. The summed E-state index contributed by atoms with van der Waals surface area (Å²) in [6, 6.07) is 16.1. The van der Waals surface area contributed by atoms with Crippen molar-refractivity contribution >= 4 is 34.5 Å². The molecule has 0 saturated heterocycles. The number of nitriles is 1. The van der Waals surface area contributed by atoms with Gasteiger partial charge in [0.15, 0.2) is 6.61 Å². The summed E-state index contributed by atoms with van der Waals surface area (Å²) in [7, 11) is 0. The second-order valence-electron chi connectivity index (χ2n) is 4.98. The fraction of sp³-hybridized carbons (Fsp3) is 0.0556. The summed E-state index contributed by atoms with van der Waals surface area (Å²) < 4.78 is 5.22. The zero-order valence-electron chi connectivity index (χ0n) is 12.9. The Bertz CT molecular complexity index is 949. The van der Waals surface area contributed by atoms with Gasteiger partial charge in [-0.25, -0.2) is 4.98 Å². The van der Waals surface area contributed by atoms with Gasteiger partial charge >= 0.3 is 0 Å². The summed E-state index contributed by atoms with van der Waals surface area (Å²) in [5.74, 6) is 0.194. The van der Waals surface area contributed by atoms with Crippen LogP contribution >= 0.6 is 22.9 Å². The van der Waals surface area contributed by atoms with Crippen molar-refractivity contribution in [2.45, 2.75) is 0 Å². The number of nitrogens with one attached hydrogen (secondary N) is 1. The highest BCUT2D eigenvalue weighted by atomic mass is 35.5. The molecule has 3 aromatic rings. The quantitative estimate of drug-likeness (QED) is 0.712. The first-order valence-corrected chi connectivity index (χ1v) is 8.54. The van der Waals surface area contributed by atoms with Crippen molar-refractivity contribution in [3.63, 3.8) is 0 Å². The number of nitrogens with zero attached hydrogens (tertiary/aromatic N) is 2. The third-order valence-electron chi connectivity index (χ3n) is 3.20. The number of aromatic nitrogens is 1. The molecular weight excluding hydrogens is 358 g/mol. The van der Waals surface area contributed by atoms with Crippen LogP contribution in [0.15, 0.2) is 53.9 Å². The minimum atomic E-state index is -0.318. The predicted octanol–water partition coefficient (Wildman–Crippen LogP) is 4.62. The molecule has 124 valence electrons. The van der Waals surface area contributed by atoms with Crippen LogP contribution in [-0.2, 0) is 0 Å². The van der Waals surface area contributed by atoms with E-state index in [0.29, 0.717) is 22.2 Å². The molecule has 0 bridgehead atoms. The van der Waals surface area contributed by atoms with Gasteiger partial charge in [-0.1, -0.05) is 29.8 Å². The Kier molecular flexibility index (Phi) is 5.29. The maximum atomic E-state index is 12.4. The lowest BCUT2D eigenvalue weighted by molar-refractivity contribution is 0.102. The second-order valence-corrected chi connectivity index (χ2v) is 6.27. The molecule has 0 aliphatic carbocycles. The monoisotopic (exact) mass is 369 g/mol. The molecule has 0 aliphatic heterocycles. The maximum Gasteiger partial charge on any atom is 0.275 e. The Labute approximate surface area is 153 Å². The van der Waals surface area contributed by atoms with Crippen molar-refractivity contribution in [2.24, 2.45) is 0 Å². The molecule has 3 rings (SSSR count). The van der Waals surface area contributed by atoms with Gasteiger partial charge in [0.05, 0.1) is 0 Å². The first-order valence-electron chi connectivity index (χ1n) is 7.28. The van der Waals surface area contributed by atoms with E-state index in [2.05, 4.69) is 10.3 Å². The smallest absolute Gasteiger partial charge is 0.275 e. The van der Waals surface area contributed by atoms with E-state index in [1.807, 2.05) is 18.2 Å². The van der Waals surface area contributed by atoms with Gasteiger partial charge in [0.1, 0.15) is 22.5 Å². The highest BCUT2D eigenvalue weighted by Crippen LogP contribution is 2.26. The van der Waals surface area contributed by atoms with E-state index >= 15 is 0 Å². The van der Waals surface area contributed by atoms with Gasteiger partial charge < -0.3 is 10.1 Å². The zero-order chi connectivity index (χ0) is 17.6. The van der Waals surface area contributed by atoms with E-state index in [0.717, 1.165) is 10.6 Å². The number of carbonyl (C=O) groups is 1. The number of rotatable bonds is 5. The molecule has 7 heteroatoms. The predicted molar refractivity (Wildman–Crippen MR) is 98.1 cm³/mol. The van der Waals surface area contributed by atoms with Gasteiger partial charge in [-0.3, -0.25) is 4.79 Å². The number of amides is 1. The van der Waals surface area contributed by atoms with Gasteiger partial charge in [0.2, 0.25) is 0 Å². The summed E-state index contributed by atoms with van der Waals surface area (Å²) in [5, 5.41) is 14.3. The van der Waals surface area contributed by atoms with Gasteiger partial charge in [-0.05, 0) is 24.3 Å². The number of hydrogen-bond donors (Lipinski definition) is 1. The number of carbonyl (C=O) groups excluding carboxylic acids is 1. The molecule has 0 unspecified atom stereocenters. The fourth-order valence-electron chi connectivity index (χ4n) is 2.11. The number of benzene rings is 2. The lowest BCUT2D eigenvalue weighted by Gasteiger charge is -2.06. The number of thiazole rings is 1. The molecule has 0 fully saturated rings. The molecule has 1 aromatic heterocycles. The molecule has 0 atom stereocenters. The lowest BCUT2D eigenvalue weighted by Crippen LogP contribution is -2.12. The average molecular weight is 370 g/mol. The molecule has 25 heavy (non-hydrogen) atoms. The van der Waals surface area contributed by atoms with E-state index < -0.39 is 0 Å². The normalized spacial score (nSPS) is 10.1. The maximum absolute atomic E-state index is 12.4. The van der Waals surface area contributed by atoms with Crippen LogP contribution in [0.4, 0.5) is 5.69 Å². The minimum Gasteiger partial charge on any atom is -0.479 e. The van der Waals surface area contributed by atoms with Crippen LogP contribution < -0.4 is 10.1 Å². The molecule has 5 nitrogen and oxygen atoms in total. The largest absolute Gasteiger partial charge is 0.479 e. The minimum absolute atomic E-state index is 0.0491. The van der Waals surface area contributed by atoms with Crippen LogP contribution in [0.2, 0.25) is 5.02 Å². The van der Waals surface area contributed by atoms with Gasteiger partial charge in [0, 0.05) is 27.7 Å². The summed E-state index contributed by atoms with van der Waals surface area (Å²) in [6.07, 6.45) is 0. The summed E-state index contributed by atoms with van der Waals surface area (Å²) in [5.41, 5.74) is 1.75. The summed E-state index contributed by atoms with van der Waals surface area (Å²) >= 11 is 7.36. The highest BCUT2D eigenvalue weighted by molar-refractivity contribution is 7.13. The van der Waals surface area contributed by atoms with Crippen LogP contribution in [0.5, 0.6) is 5.75 Å². The van der Waals surface area contributed by atoms with Crippen molar-refractivity contribution in [3.8, 4) is 22.4 Å². The second kappa shape index (κ2) is 7.79. The van der Waals surface area contributed by atoms with Crippen LogP contribution in [0.1, 0.15) is 10.5 Å². The standard InChI is InChI=1S/C18H12ClN3O2S/c19-13-4-1-3-12(9-13)18-22-16(11-25-18)17(23)21-14-5-2-6-15(10-14)24-8-7-20/h1-6,9-11H,8H2,(H,21,23). The Balaban J connectivity index is 1.73. The van der Waals surface area contributed by atoms with E-state index in [1.54, 1.807) is 41.8 Å². The van der Waals surface area contributed by atoms with E-state index in [-0.39, 0.29) is 12.5 Å². The van der Waals surface area contributed by atoms with Crippen molar-refractivity contribution in [3.05, 3.63) is 64.6 Å². The topological polar surface area (TPSA) is 75.0 Å². The third kappa shape index (κ3) is 4.35. The number of halogens is 1. The SMILES string of the molecule is N#CCOc1cccc(NC(=O)c2csc(-c3cccc(Cl)c3)n2)c1. The molecule has 1 amide bonds. The van der Waals surface area contributed by atoms with Crippen LogP contribution in [0, 0.1) is 11.3 Å². The van der Waals surface area contributed by atoms with Gasteiger partial charge in [-0.15, -0.1) is 11.3 Å². The zero-order valence-corrected chi connectivity index (χ0v) is 14.5. The van der Waals surface area contributed by atoms with Crippen LogP contribution in [0.25, 0.3) is 10.6 Å². The Morgan fingerprint density at radius 2 is 2.12 bits per heavy atom. The molecule has 0 saturated carbocycles. The molecule has 1 N–H and O–H groups in total. The molecule has 2 aromatic carbocycles. The van der Waals surface area contributed by atoms with Crippen molar-refractivity contribution in [1.82, 2.24) is 4.98 Å². The molecule has 1 heterocycles. The number of anilines is 1. The fourth-order valence-corrected chi connectivity index (χ4v) is 3.09. The first-order chi connectivity index (χ1) is 12.2. The third-order valence-corrected chi connectivity index (χ3v) is 4.33. The number of ether oxygens (including phenoxy) is 1. The Morgan fingerprint density at radius 3 is 2.92 bits per heavy atom. The van der Waals surface area contributed by atoms with Gasteiger partial charge in [-0.2, -0.15) is 5.26 Å². The molecular formula is C18H12ClN3O2S. The molecule has 0 spiro atoms. The van der Waals surface area contributed by atoms with Crippen LogP contribution in [-0.4, -0.2) is 17.5 Å². The highest BCUT2D eigenvalue weighted by Gasteiger charge is 2.12. The Morgan fingerprint density at radius 1 is 1.28 bits per heavy atom.